The summed E-state index contributed by atoms with van der Waals surface area (Å²) in [4.78, 5) is 2.18. The molecule has 0 saturated heterocycles. The van der Waals surface area contributed by atoms with Crippen LogP contribution >= 0.6 is 23.5 Å². The van der Waals surface area contributed by atoms with Crippen LogP contribution in [-0.2, 0) is 0 Å². The SMILES string of the molecule is Oc1c(SC2CCCC2)cccc1SC1CCCC1. The Labute approximate surface area is 124 Å². The molecule has 0 amide bonds. The molecular formula is C16H22OS2. The lowest BCUT2D eigenvalue weighted by Gasteiger charge is -2.14. The largest absolute Gasteiger partial charge is 0.506 e. The van der Waals surface area contributed by atoms with Crippen LogP contribution in [0.2, 0.25) is 0 Å². The number of thioether (sulfide) groups is 2. The van der Waals surface area contributed by atoms with Gasteiger partial charge in [-0.05, 0) is 37.8 Å². The average Bonchev–Trinajstić information content (AvgIpc) is 3.07. The van der Waals surface area contributed by atoms with Gasteiger partial charge in [-0.3, -0.25) is 0 Å². The third kappa shape index (κ3) is 3.43. The maximum Gasteiger partial charge on any atom is 0.142 e. The first-order valence-corrected chi connectivity index (χ1v) is 9.24. The first kappa shape index (κ1) is 13.7. The van der Waals surface area contributed by atoms with Crippen molar-refractivity contribution in [2.75, 3.05) is 0 Å². The van der Waals surface area contributed by atoms with E-state index in [1.54, 1.807) is 0 Å². The zero-order valence-corrected chi connectivity index (χ0v) is 12.9. The minimum absolute atomic E-state index is 0.538. The van der Waals surface area contributed by atoms with Crippen molar-refractivity contribution in [2.24, 2.45) is 0 Å². The second-order valence-electron chi connectivity index (χ2n) is 5.65. The molecule has 2 fully saturated rings. The zero-order valence-electron chi connectivity index (χ0n) is 11.3. The molecule has 104 valence electrons. The molecular weight excluding hydrogens is 272 g/mol. The topological polar surface area (TPSA) is 20.2 Å². The van der Waals surface area contributed by atoms with Crippen LogP contribution in [0, 0.1) is 0 Å². The number of benzene rings is 1. The van der Waals surface area contributed by atoms with Crippen LogP contribution in [0.3, 0.4) is 0 Å². The number of phenols is 1. The first-order valence-electron chi connectivity index (χ1n) is 7.48. The molecule has 1 aromatic rings. The van der Waals surface area contributed by atoms with Gasteiger partial charge in [0.15, 0.2) is 0 Å². The third-order valence-electron chi connectivity index (χ3n) is 4.15. The van der Waals surface area contributed by atoms with Crippen molar-refractivity contribution in [3.63, 3.8) is 0 Å². The van der Waals surface area contributed by atoms with E-state index in [0.29, 0.717) is 5.75 Å². The van der Waals surface area contributed by atoms with E-state index in [2.05, 4.69) is 18.2 Å². The van der Waals surface area contributed by atoms with Crippen LogP contribution in [0.1, 0.15) is 51.4 Å². The Morgan fingerprint density at radius 2 is 1.21 bits per heavy atom. The number of aromatic hydroxyl groups is 1. The van der Waals surface area contributed by atoms with E-state index in [1.165, 1.54) is 51.4 Å². The molecule has 0 aromatic heterocycles. The summed E-state index contributed by atoms with van der Waals surface area (Å²) in [6.07, 6.45) is 10.7. The number of rotatable bonds is 4. The normalized spacial score (nSPS) is 21.3. The highest BCUT2D eigenvalue weighted by molar-refractivity contribution is 8.00. The van der Waals surface area contributed by atoms with Gasteiger partial charge in [-0.25, -0.2) is 0 Å². The van der Waals surface area contributed by atoms with Gasteiger partial charge in [0.25, 0.3) is 0 Å². The molecule has 1 aromatic carbocycles. The lowest BCUT2D eigenvalue weighted by atomic mass is 10.3. The molecule has 2 aliphatic carbocycles. The van der Waals surface area contributed by atoms with Crippen molar-refractivity contribution in [1.29, 1.82) is 0 Å². The number of phenolic OH excluding ortho intramolecular Hbond substituents is 1. The van der Waals surface area contributed by atoms with E-state index in [4.69, 9.17) is 0 Å². The lowest BCUT2D eigenvalue weighted by Crippen LogP contribution is -1.95. The lowest BCUT2D eigenvalue weighted by molar-refractivity contribution is 0.448. The van der Waals surface area contributed by atoms with Gasteiger partial charge in [-0.2, -0.15) is 0 Å². The van der Waals surface area contributed by atoms with Gasteiger partial charge in [-0.1, -0.05) is 31.7 Å². The number of hydrogen-bond acceptors (Lipinski definition) is 3. The maximum atomic E-state index is 10.5. The van der Waals surface area contributed by atoms with Crippen LogP contribution in [0.25, 0.3) is 0 Å². The van der Waals surface area contributed by atoms with E-state index in [9.17, 15) is 5.11 Å². The predicted octanol–water partition coefficient (Wildman–Crippen LogP) is 5.46. The molecule has 0 bridgehead atoms. The van der Waals surface area contributed by atoms with Crippen molar-refractivity contribution >= 4 is 23.5 Å². The minimum Gasteiger partial charge on any atom is -0.506 e. The van der Waals surface area contributed by atoms with Gasteiger partial charge in [-0.15, -0.1) is 23.5 Å². The Bertz CT molecular complexity index is 385. The van der Waals surface area contributed by atoms with Gasteiger partial charge in [0, 0.05) is 10.5 Å². The molecule has 0 atom stereocenters. The molecule has 1 nitrogen and oxygen atoms in total. The molecule has 0 heterocycles. The van der Waals surface area contributed by atoms with Gasteiger partial charge in [0.05, 0.1) is 9.79 Å². The Balaban J connectivity index is 1.69. The van der Waals surface area contributed by atoms with Crippen LogP contribution in [0.15, 0.2) is 28.0 Å². The average molecular weight is 294 g/mol. The Hall–Kier alpha value is -0.280. The standard InChI is InChI=1S/C16H22OS2/c17-16-14(18-12-6-1-2-7-12)10-5-11-15(16)19-13-8-3-4-9-13/h5,10-13,17H,1-4,6-9H2. The molecule has 3 rings (SSSR count). The van der Waals surface area contributed by atoms with Crippen LogP contribution < -0.4 is 0 Å². The molecule has 19 heavy (non-hydrogen) atoms. The second-order valence-corrected chi connectivity index (χ2v) is 8.34. The molecule has 0 unspecified atom stereocenters. The fourth-order valence-corrected chi connectivity index (χ4v) is 5.74. The maximum absolute atomic E-state index is 10.5. The molecule has 2 saturated carbocycles. The number of para-hydroxylation sites is 1. The van der Waals surface area contributed by atoms with Crippen LogP contribution in [0.5, 0.6) is 5.75 Å². The van der Waals surface area contributed by atoms with Crippen LogP contribution in [-0.4, -0.2) is 15.6 Å². The van der Waals surface area contributed by atoms with E-state index in [-0.39, 0.29) is 0 Å². The smallest absolute Gasteiger partial charge is 0.142 e. The summed E-state index contributed by atoms with van der Waals surface area (Å²) in [5.74, 6) is 0.538. The predicted molar refractivity (Wildman–Crippen MR) is 84.3 cm³/mol. The summed E-state index contributed by atoms with van der Waals surface area (Å²) in [6.45, 7) is 0. The van der Waals surface area contributed by atoms with Crippen molar-refractivity contribution in [3.05, 3.63) is 18.2 Å². The summed E-state index contributed by atoms with van der Waals surface area (Å²) in [7, 11) is 0. The highest BCUT2D eigenvalue weighted by atomic mass is 32.2. The molecule has 1 N–H and O–H groups in total. The molecule has 3 heteroatoms. The first-order chi connectivity index (χ1) is 9.33. The van der Waals surface area contributed by atoms with E-state index >= 15 is 0 Å². The highest BCUT2D eigenvalue weighted by Crippen LogP contribution is 2.45. The Morgan fingerprint density at radius 3 is 1.63 bits per heavy atom. The fraction of sp³-hybridized carbons (Fsp3) is 0.625. The highest BCUT2D eigenvalue weighted by Gasteiger charge is 2.21. The number of hydrogen-bond donors (Lipinski definition) is 1. The molecule has 0 aliphatic heterocycles. The minimum atomic E-state index is 0.538. The van der Waals surface area contributed by atoms with Crippen molar-refractivity contribution in [3.8, 4) is 5.75 Å². The van der Waals surface area contributed by atoms with Crippen LogP contribution in [0.4, 0.5) is 0 Å². The van der Waals surface area contributed by atoms with E-state index in [1.807, 2.05) is 23.5 Å². The summed E-state index contributed by atoms with van der Waals surface area (Å²) in [5.41, 5.74) is 0. The van der Waals surface area contributed by atoms with Gasteiger partial charge in [0.1, 0.15) is 5.75 Å². The molecule has 2 aliphatic rings. The zero-order chi connectivity index (χ0) is 13.1. The Kier molecular flexibility index (Phi) is 4.65. The Morgan fingerprint density at radius 1 is 0.789 bits per heavy atom. The van der Waals surface area contributed by atoms with Crippen molar-refractivity contribution in [2.45, 2.75) is 71.7 Å². The van der Waals surface area contributed by atoms with E-state index < -0.39 is 0 Å². The van der Waals surface area contributed by atoms with Crippen molar-refractivity contribution in [1.82, 2.24) is 0 Å². The quantitative estimate of drug-likeness (QED) is 0.796. The second kappa shape index (κ2) is 6.45. The summed E-state index contributed by atoms with van der Waals surface area (Å²) < 4.78 is 0. The van der Waals surface area contributed by atoms with Gasteiger partial charge < -0.3 is 5.11 Å². The van der Waals surface area contributed by atoms with E-state index in [0.717, 1.165) is 20.3 Å². The fourth-order valence-electron chi connectivity index (χ4n) is 3.06. The molecule has 0 radical (unpaired) electrons. The van der Waals surface area contributed by atoms with Crippen molar-refractivity contribution < 1.29 is 5.11 Å². The van der Waals surface area contributed by atoms with Gasteiger partial charge in [0.2, 0.25) is 0 Å². The van der Waals surface area contributed by atoms with Gasteiger partial charge >= 0.3 is 0 Å². The third-order valence-corrected chi connectivity index (χ3v) is 6.93. The summed E-state index contributed by atoms with van der Waals surface area (Å²) >= 11 is 3.77. The monoisotopic (exact) mass is 294 g/mol. The summed E-state index contributed by atoms with van der Waals surface area (Å²) in [6, 6.07) is 6.27. The molecule has 0 spiro atoms. The summed E-state index contributed by atoms with van der Waals surface area (Å²) in [5, 5.41) is 11.9.